The lowest BCUT2D eigenvalue weighted by atomic mass is 10.1. The van der Waals surface area contributed by atoms with Crippen LogP contribution >= 0.6 is 23.4 Å². The molecule has 0 bridgehead atoms. The van der Waals surface area contributed by atoms with Gasteiger partial charge in [-0.1, -0.05) is 35.5 Å². The number of hydrogen-bond donors (Lipinski definition) is 1. The number of allylic oxidation sites excluding steroid dienone is 1. The van der Waals surface area contributed by atoms with E-state index in [4.69, 9.17) is 25.8 Å². The highest BCUT2D eigenvalue weighted by molar-refractivity contribution is 7.99. The van der Waals surface area contributed by atoms with Crippen LogP contribution in [-0.4, -0.2) is 40.6 Å². The number of methoxy groups -OCH3 is 2. The van der Waals surface area contributed by atoms with Crippen LogP contribution in [0.1, 0.15) is 17.0 Å². The van der Waals surface area contributed by atoms with Crippen molar-refractivity contribution in [3.05, 3.63) is 65.0 Å². The average molecular weight is 503 g/mol. The fourth-order valence-corrected chi connectivity index (χ4v) is 4.07. The Bertz CT molecular complexity index is 1180. The third-order valence-electron chi connectivity index (χ3n) is 5.03. The van der Waals surface area contributed by atoms with Gasteiger partial charge < -0.3 is 19.5 Å². The second-order valence-corrected chi connectivity index (χ2v) is 8.71. The van der Waals surface area contributed by atoms with Crippen molar-refractivity contribution in [2.45, 2.75) is 32.2 Å². The zero-order valence-electron chi connectivity index (χ0n) is 19.6. The smallest absolute Gasteiger partial charge is 0.234 e. The molecule has 0 fully saturated rings. The van der Waals surface area contributed by atoms with Gasteiger partial charge in [0.2, 0.25) is 5.91 Å². The van der Waals surface area contributed by atoms with Crippen LogP contribution in [0, 0.1) is 13.8 Å². The van der Waals surface area contributed by atoms with Crippen LogP contribution < -0.4 is 19.5 Å². The number of aryl methyl sites for hydroxylation is 2. The second kappa shape index (κ2) is 11.8. The second-order valence-electron chi connectivity index (χ2n) is 7.36. The Labute approximate surface area is 208 Å². The number of aromatic nitrogens is 3. The van der Waals surface area contributed by atoms with Crippen LogP contribution in [0.4, 0.5) is 5.69 Å². The maximum absolute atomic E-state index is 12.6. The van der Waals surface area contributed by atoms with E-state index in [-0.39, 0.29) is 18.3 Å². The third-order valence-corrected chi connectivity index (χ3v) is 6.29. The van der Waals surface area contributed by atoms with Crippen LogP contribution in [0.5, 0.6) is 17.2 Å². The fraction of sp³-hybridized carbons (Fsp3) is 0.292. The molecule has 0 aliphatic rings. The van der Waals surface area contributed by atoms with E-state index >= 15 is 0 Å². The number of nitrogens with one attached hydrogen (secondary N) is 1. The number of benzene rings is 2. The summed E-state index contributed by atoms with van der Waals surface area (Å²) >= 11 is 7.39. The van der Waals surface area contributed by atoms with Crippen molar-refractivity contribution in [2.24, 2.45) is 0 Å². The van der Waals surface area contributed by atoms with E-state index in [1.54, 1.807) is 18.2 Å². The van der Waals surface area contributed by atoms with Crippen molar-refractivity contribution in [1.29, 1.82) is 0 Å². The van der Waals surface area contributed by atoms with Gasteiger partial charge in [-0.2, -0.15) is 0 Å². The Kier molecular flexibility index (Phi) is 8.84. The maximum Gasteiger partial charge on any atom is 0.234 e. The first kappa shape index (κ1) is 25.5. The van der Waals surface area contributed by atoms with Gasteiger partial charge in [0.15, 0.2) is 11.0 Å². The molecule has 2 aromatic carbocycles. The van der Waals surface area contributed by atoms with Crippen molar-refractivity contribution in [2.75, 3.05) is 25.3 Å². The number of anilines is 1. The Morgan fingerprint density at radius 2 is 1.91 bits per heavy atom. The molecule has 0 unspecified atom stereocenters. The molecule has 3 rings (SSSR count). The predicted octanol–water partition coefficient (Wildman–Crippen LogP) is 5.06. The van der Waals surface area contributed by atoms with Crippen molar-refractivity contribution >= 4 is 35.0 Å². The van der Waals surface area contributed by atoms with Gasteiger partial charge >= 0.3 is 0 Å². The highest BCUT2D eigenvalue weighted by Gasteiger charge is 2.16. The minimum atomic E-state index is -0.242. The van der Waals surface area contributed by atoms with E-state index in [2.05, 4.69) is 29.0 Å². The summed E-state index contributed by atoms with van der Waals surface area (Å²) in [5.74, 6) is 2.15. The molecule has 34 heavy (non-hydrogen) atoms. The number of carbonyl (C=O) groups excluding carboxylic acids is 1. The molecular formula is C24H27ClN4O4S. The minimum Gasteiger partial charge on any atom is -0.495 e. The van der Waals surface area contributed by atoms with Crippen molar-refractivity contribution in [1.82, 2.24) is 14.8 Å². The van der Waals surface area contributed by atoms with Crippen LogP contribution in [0.15, 0.2) is 48.1 Å². The number of ether oxygens (including phenoxy) is 3. The average Bonchev–Trinajstić information content (AvgIpc) is 3.21. The number of hydrogen-bond acceptors (Lipinski definition) is 7. The molecule has 1 aromatic heterocycles. The molecule has 3 aromatic rings. The molecule has 1 amide bonds. The van der Waals surface area contributed by atoms with Gasteiger partial charge in [0, 0.05) is 18.7 Å². The van der Waals surface area contributed by atoms with Gasteiger partial charge in [-0.25, -0.2) is 0 Å². The molecule has 180 valence electrons. The molecule has 10 heteroatoms. The zero-order valence-corrected chi connectivity index (χ0v) is 21.1. The zero-order chi connectivity index (χ0) is 24.7. The predicted molar refractivity (Wildman–Crippen MR) is 134 cm³/mol. The van der Waals surface area contributed by atoms with Crippen LogP contribution in [0.3, 0.4) is 0 Å². The first-order valence-corrected chi connectivity index (χ1v) is 11.8. The molecule has 8 nitrogen and oxygen atoms in total. The Balaban J connectivity index is 1.66. The standard InChI is InChI=1S/C24H27ClN4O4S/c1-6-9-29-22(13-33-17-8-7-15(2)16(3)10-17)27-28-24(29)34-14-23(30)26-19-12-20(31-4)18(25)11-21(19)32-5/h6-8,10-12H,1,9,13-14H2,2-5H3,(H,26,30). The molecule has 0 saturated carbocycles. The van der Waals surface area contributed by atoms with Gasteiger partial charge in [-0.05, 0) is 37.1 Å². The molecule has 0 radical (unpaired) electrons. The first-order valence-electron chi connectivity index (χ1n) is 10.4. The molecule has 0 aliphatic carbocycles. The van der Waals surface area contributed by atoms with Gasteiger partial charge in [-0.3, -0.25) is 9.36 Å². The Morgan fingerprint density at radius 3 is 2.59 bits per heavy atom. The van der Waals surface area contributed by atoms with E-state index in [9.17, 15) is 4.79 Å². The summed E-state index contributed by atoms with van der Waals surface area (Å²) < 4.78 is 18.3. The lowest BCUT2D eigenvalue weighted by Crippen LogP contribution is -2.15. The van der Waals surface area contributed by atoms with Gasteiger partial charge in [-0.15, -0.1) is 16.8 Å². The summed E-state index contributed by atoms with van der Waals surface area (Å²) in [6.07, 6.45) is 1.75. The van der Waals surface area contributed by atoms with Crippen LogP contribution in [-0.2, 0) is 17.9 Å². The molecule has 1 heterocycles. The summed E-state index contributed by atoms with van der Waals surface area (Å²) in [6.45, 7) is 8.64. The lowest BCUT2D eigenvalue weighted by molar-refractivity contribution is -0.113. The van der Waals surface area contributed by atoms with Crippen LogP contribution in [0.2, 0.25) is 5.02 Å². The maximum atomic E-state index is 12.6. The van der Waals surface area contributed by atoms with Crippen molar-refractivity contribution in [3.63, 3.8) is 0 Å². The molecule has 0 spiro atoms. The summed E-state index contributed by atoms with van der Waals surface area (Å²) in [5.41, 5.74) is 2.82. The SMILES string of the molecule is C=CCn1c(COc2ccc(C)c(C)c2)nnc1SCC(=O)Nc1cc(OC)c(Cl)cc1OC. The summed E-state index contributed by atoms with van der Waals surface area (Å²) in [5, 5.41) is 12.3. The number of carbonyl (C=O) groups is 1. The Hall–Kier alpha value is -3.17. The Morgan fingerprint density at radius 1 is 1.15 bits per heavy atom. The lowest BCUT2D eigenvalue weighted by Gasteiger charge is -2.13. The van der Waals surface area contributed by atoms with E-state index in [0.29, 0.717) is 39.7 Å². The van der Waals surface area contributed by atoms with Crippen molar-refractivity contribution in [3.8, 4) is 17.2 Å². The van der Waals surface area contributed by atoms with E-state index in [1.165, 1.54) is 31.5 Å². The topological polar surface area (TPSA) is 87.5 Å². The molecule has 0 aliphatic heterocycles. The summed E-state index contributed by atoms with van der Waals surface area (Å²) in [7, 11) is 3.00. The highest BCUT2D eigenvalue weighted by Crippen LogP contribution is 2.36. The van der Waals surface area contributed by atoms with Crippen LogP contribution in [0.25, 0.3) is 0 Å². The van der Waals surface area contributed by atoms with Gasteiger partial charge in [0.05, 0.1) is 30.7 Å². The highest BCUT2D eigenvalue weighted by atomic mass is 35.5. The number of thioether (sulfide) groups is 1. The molecule has 0 atom stereocenters. The molecule has 1 N–H and O–H groups in total. The van der Waals surface area contributed by atoms with Gasteiger partial charge in [0.25, 0.3) is 0 Å². The summed E-state index contributed by atoms with van der Waals surface area (Å²) in [4.78, 5) is 12.6. The van der Waals surface area contributed by atoms with E-state index in [1.807, 2.05) is 29.7 Å². The summed E-state index contributed by atoms with van der Waals surface area (Å²) in [6, 6.07) is 9.14. The molecular weight excluding hydrogens is 476 g/mol. The monoisotopic (exact) mass is 502 g/mol. The normalized spacial score (nSPS) is 10.6. The fourth-order valence-electron chi connectivity index (χ4n) is 3.07. The number of nitrogens with zero attached hydrogens (tertiary/aromatic N) is 3. The number of halogens is 1. The quantitative estimate of drug-likeness (QED) is 0.289. The third kappa shape index (κ3) is 6.24. The first-order chi connectivity index (χ1) is 16.4. The van der Waals surface area contributed by atoms with Gasteiger partial charge in [0.1, 0.15) is 23.9 Å². The largest absolute Gasteiger partial charge is 0.495 e. The number of amides is 1. The minimum absolute atomic E-state index is 0.112. The van der Waals surface area contributed by atoms with E-state index < -0.39 is 0 Å². The number of rotatable bonds is 11. The van der Waals surface area contributed by atoms with Crippen molar-refractivity contribution < 1.29 is 19.0 Å². The molecule has 0 saturated heterocycles. The van der Waals surface area contributed by atoms with E-state index in [0.717, 1.165) is 11.3 Å².